The largest absolute Gasteiger partial charge is 0.481 e. The lowest BCUT2D eigenvalue weighted by Crippen LogP contribution is -2.27. The van der Waals surface area contributed by atoms with Crippen molar-refractivity contribution in [3.05, 3.63) is 52.0 Å². The lowest BCUT2D eigenvalue weighted by Gasteiger charge is -2.23. The fraction of sp³-hybridized carbons (Fsp3) is 0.519. The second-order valence-corrected chi connectivity index (χ2v) is 10.5. The van der Waals surface area contributed by atoms with E-state index in [0.29, 0.717) is 18.0 Å². The molecule has 0 spiro atoms. The van der Waals surface area contributed by atoms with Crippen LogP contribution in [0.4, 0.5) is 0 Å². The standard InChI is InChI=1S/C27H36N2O4S/c1-5-20(6-2)29-23-10-9-18(13-22(23)28-26(29)15-21-8-7-11-34-21)24(30)14-19(12-17(3)4)25(31)16-27(32)33/h7-11,13,17,19-20,25,31H,5-6,12,14-16H2,1-4H3,(H,32,33)/t19-,25+/m1/s1. The van der Waals surface area contributed by atoms with Crippen molar-refractivity contribution >= 4 is 34.1 Å². The number of imidazole rings is 1. The summed E-state index contributed by atoms with van der Waals surface area (Å²) in [7, 11) is 0. The number of carboxylic acid groups (broad SMARTS) is 1. The molecule has 0 aliphatic carbocycles. The number of ketones is 1. The Morgan fingerprint density at radius 3 is 2.44 bits per heavy atom. The van der Waals surface area contributed by atoms with E-state index in [1.807, 2.05) is 38.1 Å². The lowest BCUT2D eigenvalue weighted by molar-refractivity contribution is -0.140. The molecule has 34 heavy (non-hydrogen) atoms. The average molecular weight is 485 g/mol. The smallest absolute Gasteiger partial charge is 0.305 e. The van der Waals surface area contributed by atoms with Gasteiger partial charge in [0.1, 0.15) is 5.82 Å². The fourth-order valence-electron chi connectivity index (χ4n) is 4.76. The van der Waals surface area contributed by atoms with Crippen LogP contribution in [0, 0.1) is 11.8 Å². The topological polar surface area (TPSA) is 92.4 Å². The van der Waals surface area contributed by atoms with Gasteiger partial charge in [0.2, 0.25) is 0 Å². The van der Waals surface area contributed by atoms with E-state index < -0.39 is 18.0 Å². The number of carbonyl (C=O) groups excluding carboxylic acids is 1. The third-order valence-corrected chi connectivity index (χ3v) is 7.33. The van der Waals surface area contributed by atoms with Gasteiger partial charge in [-0.1, -0.05) is 33.8 Å². The van der Waals surface area contributed by atoms with Crippen LogP contribution in [0.1, 0.15) is 86.9 Å². The van der Waals surface area contributed by atoms with Gasteiger partial charge in [0.15, 0.2) is 5.78 Å². The number of hydrogen-bond donors (Lipinski definition) is 2. The van der Waals surface area contributed by atoms with Crippen molar-refractivity contribution in [1.82, 2.24) is 9.55 Å². The third kappa shape index (κ3) is 6.33. The quantitative estimate of drug-likeness (QED) is 0.285. The summed E-state index contributed by atoms with van der Waals surface area (Å²) in [5.41, 5.74) is 2.39. The number of nitrogens with zero attached hydrogens (tertiary/aromatic N) is 2. The fourth-order valence-corrected chi connectivity index (χ4v) is 5.46. The van der Waals surface area contributed by atoms with E-state index in [1.165, 1.54) is 4.88 Å². The monoisotopic (exact) mass is 484 g/mol. The minimum absolute atomic E-state index is 0.0890. The summed E-state index contributed by atoms with van der Waals surface area (Å²) < 4.78 is 2.32. The van der Waals surface area contributed by atoms with Gasteiger partial charge in [-0.25, -0.2) is 4.98 Å². The molecule has 0 saturated heterocycles. The molecule has 0 amide bonds. The van der Waals surface area contributed by atoms with E-state index >= 15 is 0 Å². The van der Waals surface area contributed by atoms with Crippen molar-refractivity contribution in [1.29, 1.82) is 0 Å². The van der Waals surface area contributed by atoms with Crippen molar-refractivity contribution in [2.75, 3.05) is 0 Å². The van der Waals surface area contributed by atoms with Crippen LogP contribution in [0.5, 0.6) is 0 Å². The first kappa shape index (κ1) is 26.1. The molecule has 0 aliphatic heterocycles. The molecule has 0 aliphatic rings. The Kier molecular flexibility index (Phi) is 9.03. The van der Waals surface area contributed by atoms with Crippen LogP contribution in [-0.2, 0) is 11.2 Å². The molecular formula is C27H36N2O4S. The van der Waals surface area contributed by atoms with E-state index in [2.05, 4.69) is 29.9 Å². The predicted molar refractivity (Wildman–Crippen MR) is 137 cm³/mol. The van der Waals surface area contributed by atoms with Crippen LogP contribution < -0.4 is 0 Å². The van der Waals surface area contributed by atoms with Gasteiger partial charge in [0.25, 0.3) is 0 Å². The van der Waals surface area contributed by atoms with Gasteiger partial charge in [-0.3, -0.25) is 9.59 Å². The molecule has 0 unspecified atom stereocenters. The van der Waals surface area contributed by atoms with Crippen LogP contribution in [0.3, 0.4) is 0 Å². The maximum absolute atomic E-state index is 13.2. The summed E-state index contributed by atoms with van der Waals surface area (Å²) in [5, 5.41) is 21.6. The molecule has 1 aromatic carbocycles. The Hall–Kier alpha value is -2.51. The van der Waals surface area contributed by atoms with Gasteiger partial charge >= 0.3 is 5.97 Å². The number of aromatic nitrogens is 2. The Morgan fingerprint density at radius 2 is 1.85 bits per heavy atom. The number of benzene rings is 1. The van der Waals surface area contributed by atoms with E-state index in [9.17, 15) is 14.7 Å². The Labute approximate surface area is 205 Å². The maximum Gasteiger partial charge on any atom is 0.305 e. The zero-order chi connectivity index (χ0) is 24.8. The number of thiophene rings is 1. The van der Waals surface area contributed by atoms with E-state index in [0.717, 1.165) is 36.1 Å². The van der Waals surface area contributed by atoms with Gasteiger partial charge in [0.05, 0.1) is 23.6 Å². The molecule has 3 aromatic rings. The van der Waals surface area contributed by atoms with E-state index in [4.69, 9.17) is 10.1 Å². The summed E-state index contributed by atoms with van der Waals surface area (Å²) in [6.07, 6.45) is 2.07. The maximum atomic E-state index is 13.2. The molecule has 3 rings (SSSR count). The number of Topliss-reactive ketones (excluding diaryl/α,β-unsaturated/α-hetero) is 1. The highest BCUT2D eigenvalue weighted by Crippen LogP contribution is 2.30. The zero-order valence-corrected chi connectivity index (χ0v) is 21.3. The molecule has 0 radical (unpaired) electrons. The molecule has 2 atom stereocenters. The van der Waals surface area contributed by atoms with Crippen LogP contribution in [-0.4, -0.2) is 37.6 Å². The number of fused-ring (bicyclic) bond motifs is 1. The molecular weight excluding hydrogens is 448 g/mol. The van der Waals surface area contributed by atoms with Crippen molar-refractivity contribution in [2.24, 2.45) is 11.8 Å². The van der Waals surface area contributed by atoms with E-state index in [-0.39, 0.29) is 24.5 Å². The molecule has 2 N–H and O–H groups in total. The number of carbonyl (C=O) groups is 2. The normalized spacial score (nSPS) is 13.6. The van der Waals surface area contributed by atoms with Crippen LogP contribution in [0.2, 0.25) is 0 Å². The predicted octanol–water partition coefficient (Wildman–Crippen LogP) is 6.12. The SMILES string of the molecule is CCC(CC)n1c(Cc2cccs2)nc2cc(C(=O)C[C@@H](CC(C)C)[C@@H](O)CC(=O)O)ccc21. The highest BCUT2D eigenvalue weighted by molar-refractivity contribution is 7.09. The third-order valence-electron chi connectivity index (χ3n) is 6.45. The molecule has 7 heteroatoms. The van der Waals surface area contributed by atoms with Crippen LogP contribution in [0.15, 0.2) is 35.7 Å². The number of rotatable bonds is 13. The van der Waals surface area contributed by atoms with Gasteiger partial charge in [-0.2, -0.15) is 0 Å². The minimum atomic E-state index is -1.06. The van der Waals surface area contributed by atoms with Crippen molar-refractivity contribution in [3.8, 4) is 0 Å². The molecule has 2 aromatic heterocycles. The number of carboxylic acids is 1. The second kappa shape index (κ2) is 11.8. The second-order valence-electron chi connectivity index (χ2n) is 9.51. The summed E-state index contributed by atoms with van der Waals surface area (Å²) in [6.45, 7) is 8.39. The molecule has 0 fully saturated rings. The highest BCUT2D eigenvalue weighted by Gasteiger charge is 2.26. The molecule has 0 bridgehead atoms. The van der Waals surface area contributed by atoms with Crippen molar-refractivity contribution in [2.45, 2.75) is 78.4 Å². The first-order valence-corrected chi connectivity index (χ1v) is 13.1. The average Bonchev–Trinajstić information content (AvgIpc) is 3.41. The molecule has 2 heterocycles. The van der Waals surface area contributed by atoms with Crippen molar-refractivity contribution in [3.63, 3.8) is 0 Å². The van der Waals surface area contributed by atoms with E-state index in [1.54, 1.807) is 11.3 Å². The molecule has 0 saturated carbocycles. The summed E-state index contributed by atoms with van der Waals surface area (Å²) in [5.74, 6) is -0.283. The first-order chi connectivity index (χ1) is 16.2. The summed E-state index contributed by atoms with van der Waals surface area (Å²) in [6, 6.07) is 10.2. The number of aliphatic hydroxyl groups excluding tert-OH is 1. The zero-order valence-electron chi connectivity index (χ0n) is 20.5. The van der Waals surface area contributed by atoms with Crippen molar-refractivity contribution < 1.29 is 19.8 Å². The highest BCUT2D eigenvalue weighted by atomic mass is 32.1. The first-order valence-electron chi connectivity index (χ1n) is 12.2. The van der Waals surface area contributed by atoms with Crippen LogP contribution in [0.25, 0.3) is 11.0 Å². The Bertz CT molecular complexity index is 1100. The molecule has 184 valence electrons. The summed E-state index contributed by atoms with van der Waals surface area (Å²) >= 11 is 1.72. The molecule has 6 nitrogen and oxygen atoms in total. The number of hydrogen-bond acceptors (Lipinski definition) is 5. The Balaban J connectivity index is 1.92. The number of aliphatic hydroxyl groups is 1. The van der Waals surface area contributed by atoms with Gasteiger partial charge in [-0.15, -0.1) is 11.3 Å². The number of aliphatic carboxylic acids is 1. The van der Waals surface area contributed by atoms with Crippen LogP contribution >= 0.6 is 11.3 Å². The van der Waals surface area contributed by atoms with Gasteiger partial charge in [0, 0.05) is 29.3 Å². The minimum Gasteiger partial charge on any atom is -0.481 e. The lowest BCUT2D eigenvalue weighted by atomic mass is 9.85. The summed E-state index contributed by atoms with van der Waals surface area (Å²) in [4.78, 5) is 30.5. The van der Waals surface area contributed by atoms with Gasteiger partial charge in [-0.05, 0) is 60.7 Å². The van der Waals surface area contributed by atoms with Gasteiger partial charge < -0.3 is 14.8 Å². The Morgan fingerprint density at radius 1 is 1.12 bits per heavy atom.